The van der Waals surface area contributed by atoms with E-state index >= 15 is 0 Å². The molecule has 1 aromatic rings. The molecule has 1 saturated carbocycles. The van der Waals surface area contributed by atoms with Crippen molar-refractivity contribution < 1.29 is 9.59 Å². The number of nitrogens with two attached hydrogens (primary N) is 1. The number of hydrogen-bond acceptors (Lipinski definition) is 3. The Morgan fingerprint density at radius 3 is 2.50 bits per heavy atom. The van der Waals surface area contributed by atoms with E-state index in [1.54, 1.807) is 4.90 Å². The second kappa shape index (κ2) is 8.54. The van der Waals surface area contributed by atoms with E-state index in [1.807, 2.05) is 30.3 Å². The lowest BCUT2D eigenvalue weighted by atomic mass is 10.0. The Morgan fingerprint density at radius 1 is 1.18 bits per heavy atom. The van der Waals surface area contributed by atoms with Gasteiger partial charge in [-0.1, -0.05) is 43.2 Å². The highest BCUT2D eigenvalue weighted by Gasteiger charge is 2.22. The SMILES string of the molecule is NNC(=O)CCN(Cc1ccccc1)C(=O)CC1CCCC1. The van der Waals surface area contributed by atoms with Crippen molar-refractivity contribution in [2.45, 2.75) is 45.1 Å². The van der Waals surface area contributed by atoms with Gasteiger partial charge in [-0.25, -0.2) is 5.84 Å². The minimum absolute atomic E-state index is 0.139. The van der Waals surface area contributed by atoms with Gasteiger partial charge in [0.15, 0.2) is 0 Å². The van der Waals surface area contributed by atoms with Crippen LogP contribution in [-0.4, -0.2) is 23.3 Å². The Morgan fingerprint density at radius 2 is 1.86 bits per heavy atom. The first-order valence-corrected chi connectivity index (χ1v) is 8.00. The summed E-state index contributed by atoms with van der Waals surface area (Å²) in [5, 5.41) is 0. The van der Waals surface area contributed by atoms with Gasteiger partial charge in [0.05, 0.1) is 0 Å². The molecule has 22 heavy (non-hydrogen) atoms. The van der Waals surface area contributed by atoms with Crippen LogP contribution in [0.2, 0.25) is 0 Å². The molecule has 0 bridgehead atoms. The molecule has 0 aliphatic heterocycles. The molecule has 5 nitrogen and oxygen atoms in total. The third-order valence-corrected chi connectivity index (χ3v) is 4.28. The average molecular weight is 303 g/mol. The minimum atomic E-state index is -0.244. The molecule has 0 atom stereocenters. The van der Waals surface area contributed by atoms with Gasteiger partial charge in [0.25, 0.3) is 0 Å². The fourth-order valence-corrected chi connectivity index (χ4v) is 2.99. The monoisotopic (exact) mass is 303 g/mol. The normalized spacial score (nSPS) is 14.8. The summed E-state index contributed by atoms with van der Waals surface area (Å²) in [5.74, 6) is 5.52. The smallest absolute Gasteiger partial charge is 0.235 e. The van der Waals surface area contributed by atoms with Crippen LogP contribution in [0.4, 0.5) is 0 Å². The third-order valence-electron chi connectivity index (χ3n) is 4.28. The molecule has 1 aliphatic carbocycles. The van der Waals surface area contributed by atoms with E-state index in [1.165, 1.54) is 12.8 Å². The topological polar surface area (TPSA) is 75.4 Å². The van der Waals surface area contributed by atoms with Crippen molar-refractivity contribution in [1.82, 2.24) is 10.3 Å². The number of nitrogens with one attached hydrogen (secondary N) is 1. The zero-order chi connectivity index (χ0) is 15.8. The molecule has 0 aromatic heterocycles. The number of carbonyl (C=O) groups excluding carboxylic acids is 2. The maximum absolute atomic E-state index is 12.6. The summed E-state index contributed by atoms with van der Waals surface area (Å²) in [6.07, 6.45) is 5.58. The first-order chi connectivity index (χ1) is 10.7. The molecule has 0 saturated heterocycles. The van der Waals surface area contributed by atoms with Gasteiger partial charge in [0, 0.05) is 25.9 Å². The lowest BCUT2D eigenvalue weighted by Gasteiger charge is -2.24. The predicted molar refractivity (Wildman–Crippen MR) is 85.4 cm³/mol. The van der Waals surface area contributed by atoms with E-state index in [9.17, 15) is 9.59 Å². The number of nitrogens with zero attached hydrogens (tertiary/aromatic N) is 1. The number of amides is 2. The summed E-state index contributed by atoms with van der Waals surface area (Å²) >= 11 is 0. The molecular weight excluding hydrogens is 278 g/mol. The van der Waals surface area contributed by atoms with Gasteiger partial charge in [-0.05, 0) is 24.3 Å². The zero-order valence-electron chi connectivity index (χ0n) is 13.0. The molecule has 0 unspecified atom stereocenters. The molecule has 0 radical (unpaired) electrons. The summed E-state index contributed by atoms with van der Waals surface area (Å²) in [5.41, 5.74) is 3.20. The first-order valence-electron chi connectivity index (χ1n) is 8.00. The van der Waals surface area contributed by atoms with Crippen molar-refractivity contribution in [3.8, 4) is 0 Å². The van der Waals surface area contributed by atoms with Crippen molar-refractivity contribution >= 4 is 11.8 Å². The summed E-state index contributed by atoms with van der Waals surface area (Å²) in [6, 6.07) is 9.87. The number of hydrazine groups is 1. The highest BCUT2D eigenvalue weighted by atomic mass is 16.2. The highest BCUT2D eigenvalue weighted by Crippen LogP contribution is 2.28. The lowest BCUT2D eigenvalue weighted by molar-refractivity contribution is -0.133. The van der Waals surface area contributed by atoms with Crippen molar-refractivity contribution in [3.63, 3.8) is 0 Å². The first kappa shape index (κ1) is 16.5. The quantitative estimate of drug-likeness (QED) is 0.459. The number of carbonyl (C=O) groups is 2. The Bertz CT molecular complexity index is 484. The molecule has 0 spiro atoms. The van der Waals surface area contributed by atoms with Crippen LogP contribution >= 0.6 is 0 Å². The van der Waals surface area contributed by atoms with Crippen LogP contribution in [-0.2, 0) is 16.1 Å². The van der Waals surface area contributed by atoms with Crippen molar-refractivity contribution in [1.29, 1.82) is 0 Å². The van der Waals surface area contributed by atoms with E-state index in [0.717, 1.165) is 18.4 Å². The van der Waals surface area contributed by atoms with Gasteiger partial charge in [-0.15, -0.1) is 0 Å². The summed E-state index contributed by atoms with van der Waals surface area (Å²) in [4.78, 5) is 25.7. The summed E-state index contributed by atoms with van der Waals surface area (Å²) in [6.45, 7) is 0.952. The largest absolute Gasteiger partial charge is 0.338 e. The van der Waals surface area contributed by atoms with Crippen molar-refractivity contribution in [2.24, 2.45) is 11.8 Å². The van der Waals surface area contributed by atoms with Crippen LogP contribution < -0.4 is 11.3 Å². The molecule has 2 rings (SSSR count). The molecular formula is C17H25N3O2. The van der Waals surface area contributed by atoms with E-state index in [4.69, 9.17) is 5.84 Å². The highest BCUT2D eigenvalue weighted by molar-refractivity contribution is 5.79. The van der Waals surface area contributed by atoms with Gasteiger partial charge in [0.1, 0.15) is 0 Å². The molecule has 3 N–H and O–H groups in total. The number of benzene rings is 1. The van der Waals surface area contributed by atoms with E-state index in [-0.39, 0.29) is 18.2 Å². The fourth-order valence-electron chi connectivity index (χ4n) is 2.99. The zero-order valence-corrected chi connectivity index (χ0v) is 13.0. The Balaban J connectivity index is 1.96. The van der Waals surface area contributed by atoms with Crippen molar-refractivity contribution in [3.05, 3.63) is 35.9 Å². The van der Waals surface area contributed by atoms with Crippen LogP contribution in [0.3, 0.4) is 0 Å². The summed E-state index contributed by atoms with van der Waals surface area (Å²) in [7, 11) is 0. The van der Waals surface area contributed by atoms with E-state index < -0.39 is 0 Å². The molecule has 1 aromatic carbocycles. The standard InChI is InChI=1S/C17H25N3O2/c18-19-16(21)10-11-20(13-15-8-2-1-3-9-15)17(22)12-14-6-4-5-7-14/h1-3,8-9,14H,4-7,10-13,18H2,(H,19,21). The molecule has 1 fully saturated rings. The van der Waals surface area contributed by atoms with Gasteiger partial charge in [0.2, 0.25) is 11.8 Å². The van der Waals surface area contributed by atoms with Gasteiger partial charge >= 0.3 is 0 Å². The third kappa shape index (κ3) is 5.15. The molecule has 120 valence electrons. The maximum Gasteiger partial charge on any atom is 0.235 e. The van der Waals surface area contributed by atoms with Crippen LogP contribution in [0.5, 0.6) is 0 Å². The van der Waals surface area contributed by atoms with Crippen LogP contribution in [0.15, 0.2) is 30.3 Å². The second-order valence-electron chi connectivity index (χ2n) is 5.97. The molecule has 2 amide bonds. The Labute approximate surface area is 131 Å². The van der Waals surface area contributed by atoms with Crippen molar-refractivity contribution in [2.75, 3.05) is 6.54 Å². The maximum atomic E-state index is 12.6. The summed E-state index contributed by atoms with van der Waals surface area (Å²) < 4.78 is 0. The minimum Gasteiger partial charge on any atom is -0.338 e. The predicted octanol–water partition coefficient (Wildman–Crippen LogP) is 1.98. The van der Waals surface area contributed by atoms with E-state index in [2.05, 4.69) is 5.43 Å². The Hall–Kier alpha value is -1.88. The van der Waals surface area contributed by atoms with Gasteiger partial charge in [-0.2, -0.15) is 0 Å². The van der Waals surface area contributed by atoms with Crippen LogP contribution in [0.1, 0.15) is 44.1 Å². The lowest BCUT2D eigenvalue weighted by Crippen LogP contribution is -2.37. The van der Waals surface area contributed by atoms with Crippen LogP contribution in [0.25, 0.3) is 0 Å². The van der Waals surface area contributed by atoms with Gasteiger partial charge in [-0.3, -0.25) is 15.0 Å². The fraction of sp³-hybridized carbons (Fsp3) is 0.529. The van der Waals surface area contributed by atoms with Gasteiger partial charge < -0.3 is 4.90 Å². The van der Waals surface area contributed by atoms with Crippen LogP contribution in [0, 0.1) is 5.92 Å². The Kier molecular flexibility index (Phi) is 6.40. The molecule has 1 aliphatic rings. The number of hydrogen-bond donors (Lipinski definition) is 2. The second-order valence-corrected chi connectivity index (χ2v) is 5.97. The number of rotatable bonds is 7. The van der Waals surface area contributed by atoms with E-state index in [0.29, 0.717) is 25.4 Å². The average Bonchev–Trinajstić information content (AvgIpc) is 3.04. The molecule has 0 heterocycles. The molecule has 5 heteroatoms.